The summed E-state index contributed by atoms with van der Waals surface area (Å²) >= 11 is 0. The Morgan fingerprint density at radius 3 is 2.77 bits per heavy atom. The number of para-hydroxylation sites is 1. The number of aromatic nitrogens is 2. The van der Waals surface area contributed by atoms with Crippen molar-refractivity contribution < 1.29 is 14.6 Å². The van der Waals surface area contributed by atoms with Crippen LogP contribution >= 0.6 is 0 Å². The molecular formula is C19H24N4O3. The van der Waals surface area contributed by atoms with Gasteiger partial charge in [0.05, 0.1) is 26.6 Å². The molecule has 7 heteroatoms. The lowest BCUT2D eigenvalue weighted by atomic mass is 10.0. The van der Waals surface area contributed by atoms with Crippen molar-refractivity contribution >= 4 is 11.9 Å². The van der Waals surface area contributed by atoms with E-state index in [1.54, 1.807) is 37.5 Å². The zero-order chi connectivity index (χ0) is 18.6. The predicted octanol–water partition coefficient (Wildman–Crippen LogP) is 1.13. The Morgan fingerprint density at radius 2 is 2.04 bits per heavy atom. The van der Waals surface area contributed by atoms with E-state index in [9.17, 15) is 9.90 Å². The zero-order valence-electron chi connectivity index (χ0n) is 15.1. The number of benzene rings is 1. The van der Waals surface area contributed by atoms with Crippen LogP contribution in [0.2, 0.25) is 0 Å². The lowest BCUT2D eigenvalue weighted by Crippen LogP contribution is -2.46. The van der Waals surface area contributed by atoms with E-state index >= 15 is 0 Å². The summed E-state index contributed by atoms with van der Waals surface area (Å²) in [5, 5.41) is 10.9. The van der Waals surface area contributed by atoms with Gasteiger partial charge in [-0.25, -0.2) is 9.97 Å². The molecule has 7 nitrogen and oxygen atoms in total. The van der Waals surface area contributed by atoms with Crippen molar-refractivity contribution in [2.24, 2.45) is 0 Å². The minimum Gasteiger partial charge on any atom is -0.496 e. The summed E-state index contributed by atoms with van der Waals surface area (Å²) in [5.41, 5.74) is -0.130. The smallest absolute Gasteiger partial charge is 0.226 e. The van der Waals surface area contributed by atoms with Crippen molar-refractivity contribution in [3.05, 3.63) is 48.3 Å². The van der Waals surface area contributed by atoms with Gasteiger partial charge in [0, 0.05) is 31.5 Å². The highest BCUT2D eigenvalue weighted by Crippen LogP contribution is 2.25. The average molecular weight is 356 g/mol. The highest BCUT2D eigenvalue weighted by molar-refractivity contribution is 5.79. The van der Waals surface area contributed by atoms with Crippen LogP contribution in [0.1, 0.15) is 12.0 Å². The molecule has 1 N–H and O–H groups in total. The van der Waals surface area contributed by atoms with E-state index in [1.807, 2.05) is 29.2 Å². The first-order chi connectivity index (χ1) is 12.5. The quantitative estimate of drug-likeness (QED) is 0.836. The fraction of sp³-hybridized carbons (Fsp3) is 0.421. The first-order valence-corrected chi connectivity index (χ1v) is 8.61. The maximum absolute atomic E-state index is 12.6. The van der Waals surface area contributed by atoms with Crippen LogP contribution in [-0.4, -0.2) is 65.3 Å². The minimum atomic E-state index is -0.968. The van der Waals surface area contributed by atoms with E-state index in [0.717, 1.165) is 5.56 Å². The van der Waals surface area contributed by atoms with Gasteiger partial charge in [0.2, 0.25) is 11.9 Å². The fourth-order valence-corrected chi connectivity index (χ4v) is 3.29. The number of hydrogen-bond acceptors (Lipinski definition) is 6. The third-order valence-electron chi connectivity index (χ3n) is 4.66. The fourth-order valence-electron chi connectivity index (χ4n) is 3.29. The van der Waals surface area contributed by atoms with Crippen molar-refractivity contribution in [3.63, 3.8) is 0 Å². The molecule has 1 saturated heterocycles. The molecule has 2 aromatic rings. The summed E-state index contributed by atoms with van der Waals surface area (Å²) < 4.78 is 5.30. The molecule has 1 amide bonds. The molecule has 0 radical (unpaired) electrons. The Kier molecular flexibility index (Phi) is 5.37. The molecule has 1 aromatic heterocycles. The Bertz CT molecular complexity index is 755. The van der Waals surface area contributed by atoms with Gasteiger partial charge in [-0.15, -0.1) is 0 Å². The standard InChI is InChI=1S/C19H24N4O3/c1-22(17(24)12-15-6-3-4-7-16(15)26-2)13-19(25)8-11-23(14-19)18-20-9-5-10-21-18/h3-7,9-10,25H,8,11-14H2,1-2H3/t19-/m1/s1. The van der Waals surface area contributed by atoms with Crippen LogP contribution in [-0.2, 0) is 11.2 Å². The molecule has 0 unspecified atom stereocenters. The number of β-amino-alcohol motifs (C(OH)–C–C–N with tert-alkyl or cyclic N) is 1. The van der Waals surface area contributed by atoms with E-state index in [-0.39, 0.29) is 18.9 Å². The third kappa shape index (κ3) is 4.11. The van der Waals surface area contributed by atoms with Crippen molar-refractivity contribution in [2.75, 3.05) is 38.7 Å². The zero-order valence-corrected chi connectivity index (χ0v) is 15.1. The van der Waals surface area contributed by atoms with E-state index in [2.05, 4.69) is 9.97 Å². The number of carbonyl (C=O) groups is 1. The van der Waals surface area contributed by atoms with Crippen molar-refractivity contribution in [1.29, 1.82) is 0 Å². The summed E-state index contributed by atoms with van der Waals surface area (Å²) in [6, 6.07) is 9.23. The number of likely N-dealkylation sites (N-methyl/N-ethyl adjacent to an activating group) is 1. The molecule has 0 bridgehead atoms. The number of rotatable bonds is 6. The number of nitrogens with zero attached hydrogens (tertiary/aromatic N) is 4. The molecule has 0 aliphatic carbocycles. The molecule has 3 rings (SSSR count). The summed E-state index contributed by atoms with van der Waals surface area (Å²) in [6.45, 7) is 1.34. The van der Waals surface area contributed by atoms with Crippen LogP contribution in [0.25, 0.3) is 0 Å². The van der Waals surface area contributed by atoms with E-state index < -0.39 is 5.60 Å². The number of amides is 1. The maximum atomic E-state index is 12.6. The lowest BCUT2D eigenvalue weighted by molar-refractivity contribution is -0.132. The molecule has 1 aliphatic heterocycles. The van der Waals surface area contributed by atoms with Gasteiger partial charge in [0.25, 0.3) is 0 Å². The SMILES string of the molecule is COc1ccccc1CC(=O)N(C)C[C@]1(O)CCN(c2ncccn2)C1. The average Bonchev–Trinajstić information content (AvgIpc) is 3.04. The van der Waals surface area contributed by atoms with Gasteiger partial charge in [-0.2, -0.15) is 0 Å². The van der Waals surface area contributed by atoms with Gasteiger partial charge in [0.15, 0.2) is 0 Å². The molecule has 0 saturated carbocycles. The van der Waals surface area contributed by atoms with E-state index in [0.29, 0.717) is 31.2 Å². The van der Waals surface area contributed by atoms with Gasteiger partial charge in [0.1, 0.15) is 11.4 Å². The highest BCUT2D eigenvalue weighted by Gasteiger charge is 2.38. The third-order valence-corrected chi connectivity index (χ3v) is 4.66. The molecule has 1 fully saturated rings. The molecule has 138 valence electrons. The maximum Gasteiger partial charge on any atom is 0.226 e. The van der Waals surface area contributed by atoms with Crippen LogP contribution in [0.5, 0.6) is 5.75 Å². The normalized spacial score (nSPS) is 19.4. The van der Waals surface area contributed by atoms with Crippen LogP contribution in [0.4, 0.5) is 5.95 Å². The van der Waals surface area contributed by atoms with Crippen molar-refractivity contribution in [3.8, 4) is 5.75 Å². The van der Waals surface area contributed by atoms with Crippen LogP contribution < -0.4 is 9.64 Å². The number of anilines is 1. The molecule has 1 atom stereocenters. The Hall–Kier alpha value is -2.67. The number of hydrogen-bond donors (Lipinski definition) is 1. The Morgan fingerprint density at radius 1 is 1.31 bits per heavy atom. The van der Waals surface area contributed by atoms with Crippen LogP contribution in [0.15, 0.2) is 42.7 Å². The lowest BCUT2D eigenvalue weighted by Gasteiger charge is -2.29. The topological polar surface area (TPSA) is 78.8 Å². The van der Waals surface area contributed by atoms with E-state index in [4.69, 9.17) is 4.74 Å². The second-order valence-electron chi connectivity index (χ2n) is 6.68. The summed E-state index contributed by atoms with van der Waals surface area (Å²) in [4.78, 5) is 24.6. The van der Waals surface area contributed by atoms with Gasteiger partial charge < -0.3 is 19.6 Å². The summed E-state index contributed by atoms with van der Waals surface area (Å²) in [6.07, 6.45) is 4.17. The number of methoxy groups -OCH3 is 1. The van der Waals surface area contributed by atoms with E-state index in [1.165, 1.54) is 0 Å². The van der Waals surface area contributed by atoms with Gasteiger partial charge >= 0.3 is 0 Å². The summed E-state index contributed by atoms with van der Waals surface area (Å²) in [7, 11) is 3.31. The van der Waals surface area contributed by atoms with Crippen LogP contribution in [0, 0.1) is 0 Å². The van der Waals surface area contributed by atoms with Gasteiger partial charge in [-0.1, -0.05) is 18.2 Å². The molecular weight excluding hydrogens is 332 g/mol. The second kappa shape index (κ2) is 7.70. The highest BCUT2D eigenvalue weighted by atomic mass is 16.5. The van der Waals surface area contributed by atoms with Gasteiger partial charge in [-0.3, -0.25) is 4.79 Å². The first-order valence-electron chi connectivity index (χ1n) is 8.61. The largest absolute Gasteiger partial charge is 0.496 e. The first kappa shape index (κ1) is 18.1. The minimum absolute atomic E-state index is 0.0580. The molecule has 1 aliphatic rings. The summed E-state index contributed by atoms with van der Waals surface area (Å²) in [5.74, 6) is 1.24. The second-order valence-corrected chi connectivity index (χ2v) is 6.68. The molecule has 0 spiro atoms. The molecule has 26 heavy (non-hydrogen) atoms. The Balaban J connectivity index is 1.60. The molecule has 1 aromatic carbocycles. The number of ether oxygens (including phenoxy) is 1. The molecule has 2 heterocycles. The monoisotopic (exact) mass is 356 g/mol. The van der Waals surface area contributed by atoms with Gasteiger partial charge in [-0.05, 0) is 18.6 Å². The Labute approximate surface area is 153 Å². The van der Waals surface area contributed by atoms with Crippen molar-refractivity contribution in [2.45, 2.75) is 18.4 Å². The van der Waals surface area contributed by atoms with Crippen LogP contribution in [0.3, 0.4) is 0 Å². The number of aliphatic hydroxyl groups is 1. The predicted molar refractivity (Wildman–Crippen MR) is 98.1 cm³/mol. The number of carbonyl (C=O) groups excluding carboxylic acids is 1. The van der Waals surface area contributed by atoms with Crippen molar-refractivity contribution in [1.82, 2.24) is 14.9 Å².